The fourth-order valence-electron chi connectivity index (χ4n) is 9.23. The van der Waals surface area contributed by atoms with Gasteiger partial charge in [-0.1, -0.05) is 25.5 Å². The van der Waals surface area contributed by atoms with E-state index in [1.54, 1.807) is 0 Å². The van der Waals surface area contributed by atoms with E-state index < -0.39 is 11.9 Å². The van der Waals surface area contributed by atoms with Crippen LogP contribution in [0.25, 0.3) is 0 Å². The molecule has 0 aromatic heterocycles. The number of rotatable bonds is 0. The van der Waals surface area contributed by atoms with Crippen LogP contribution in [-0.4, -0.2) is 40.4 Å². The largest absolute Gasteiger partial charge is 0.393 e. The van der Waals surface area contributed by atoms with Gasteiger partial charge in [0.25, 0.3) is 0 Å². The van der Waals surface area contributed by atoms with Crippen molar-refractivity contribution in [2.24, 2.45) is 34.0 Å². The van der Waals surface area contributed by atoms with Crippen LogP contribution in [0.15, 0.2) is 11.6 Å². The molecule has 27 heavy (non-hydrogen) atoms. The van der Waals surface area contributed by atoms with Crippen LogP contribution in [0.4, 0.5) is 0 Å². The van der Waals surface area contributed by atoms with Gasteiger partial charge in [-0.25, -0.2) is 0 Å². The van der Waals surface area contributed by atoms with E-state index >= 15 is 0 Å². The van der Waals surface area contributed by atoms with Gasteiger partial charge in [-0.3, -0.25) is 0 Å². The predicted octanol–water partition coefficient (Wildman–Crippen LogP) is 3.16. The molecule has 2 heterocycles. The zero-order chi connectivity index (χ0) is 18.4. The Bertz CT molecular complexity index is 757. The second-order valence-electron chi connectivity index (χ2n) is 11.4. The minimum Gasteiger partial charge on any atom is -0.393 e. The highest BCUT2D eigenvalue weighted by atomic mass is 16.7. The highest BCUT2D eigenvalue weighted by Crippen LogP contribution is 2.82. The highest BCUT2D eigenvalue weighted by molar-refractivity contribution is 5.36. The number of aliphatic hydroxyl groups is 2. The molecule has 10 atom stereocenters. The van der Waals surface area contributed by atoms with E-state index in [-0.39, 0.29) is 28.5 Å². The Balaban J connectivity index is 1.36. The fraction of sp³-hybridized carbons (Fsp3) is 0.913. The molecule has 5 aliphatic carbocycles. The molecule has 2 bridgehead atoms. The molecule has 0 amide bonds. The third-order valence-corrected chi connectivity index (χ3v) is 10.8. The molecule has 4 heteroatoms. The average molecular weight is 373 g/mol. The molecule has 0 aromatic carbocycles. The number of hydrogen-bond acceptors (Lipinski definition) is 4. The van der Waals surface area contributed by atoms with E-state index in [2.05, 4.69) is 19.9 Å². The van der Waals surface area contributed by atoms with Crippen LogP contribution < -0.4 is 0 Å². The number of hydrogen-bond donors (Lipinski definition) is 2. The summed E-state index contributed by atoms with van der Waals surface area (Å²) in [5.74, 6) is 1.34. The molecular formula is C23H32O4. The van der Waals surface area contributed by atoms with Crippen molar-refractivity contribution in [3.63, 3.8) is 0 Å². The molecule has 4 nitrogen and oxygen atoms in total. The van der Waals surface area contributed by atoms with Crippen LogP contribution in [0.5, 0.6) is 0 Å². The molecule has 6 fully saturated rings. The van der Waals surface area contributed by atoms with Crippen LogP contribution in [0, 0.1) is 34.0 Å². The molecule has 0 radical (unpaired) electrons. The maximum absolute atomic E-state index is 11.4. The Hall–Kier alpha value is -0.420. The van der Waals surface area contributed by atoms with E-state index in [4.69, 9.17) is 9.47 Å². The van der Waals surface area contributed by atoms with Gasteiger partial charge in [0.1, 0.15) is 5.60 Å². The van der Waals surface area contributed by atoms with Crippen molar-refractivity contribution in [1.82, 2.24) is 0 Å². The van der Waals surface area contributed by atoms with Crippen molar-refractivity contribution >= 4 is 0 Å². The van der Waals surface area contributed by atoms with E-state index in [1.807, 2.05) is 0 Å². The molecule has 7 aliphatic rings. The molecule has 148 valence electrons. The Morgan fingerprint density at radius 3 is 2.59 bits per heavy atom. The summed E-state index contributed by atoms with van der Waals surface area (Å²) in [4.78, 5) is 0. The van der Waals surface area contributed by atoms with Gasteiger partial charge in [0, 0.05) is 22.7 Å². The van der Waals surface area contributed by atoms with Crippen LogP contribution in [0.3, 0.4) is 0 Å². The molecule has 4 saturated carbocycles. The molecule has 7 rings (SSSR count). The van der Waals surface area contributed by atoms with Crippen LogP contribution in [-0.2, 0) is 9.47 Å². The normalized spacial score (nSPS) is 64.1. The minimum absolute atomic E-state index is 0.0465. The third-order valence-electron chi connectivity index (χ3n) is 10.8. The van der Waals surface area contributed by atoms with Gasteiger partial charge < -0.3 is 19.7 Å². The molecule has 1 spiro atoms. The highest BCUT2D eigenvalue weighted by Gasteiger charge is 2.87. The fourth-order valence-corrected chi connectivity index (χ4v) is 9.23. The lowest BCUT2D eigenvalue weighted by Crippen LogP contribution is -2.72. The zero-order valence-corrected chi connectivity index (χ0v) is 16.5. The molecule has 2 aliphatic heterocycles. The Labute approximate surface area is 161 Å². The number of aliphatic hydroxyl groups excluding tert-OH is 2. The van der Waals surface area contributed by atoms with E-state index in [0.29, 0.717) is 23.9 Å². The van der Waals surface area contributed by atoms with Crippen LogP contribution >= 0.6 is 0 Å². The molecule has 0 aromatic rings. The van der Waals surface area contributed by atoms with Crippen molar-refractivity contribution in [2.45, 2.75) is 95.4 Å². The van der Waals surface area contributed by atoms with Crippen molar-refractivity contribution in [1.29, 1.82) is 0 Å². The van der Waals surface area contributed by atoms with Crippen molar-refractivity contribution in [3.05, 3.63) is 11.6 Å². The maximum atomic E-state index is 11.4. The summed E-state index contributed by atoms with van der Waals surface area (Å²) in [7, 11) is 0. The summed E-state index contributed by atoms with van der Waals surface area (Å²) < 4.78 is 13.3. The third kappa shape index (κ3) is 1.49. The van der Waals surface area contributed by atoms with E-state index in [0.717, 1.165) is 32.1 Å². The van der Waals surface area contributed by atoms with Crippen LogP contribution in [0.1, 0.15) is 65.2 Å². The van der Waals surface area contributed by atoms with E-state index in [1.165, 1.54) is 24.8 Å². The second kappa shape index (κ2) is 4.50. The van der Waals surface area contributed by atoms with Crippen molar-refractivity contribution < 1.29 is 19.7 Å². The van der Waals surface area contributed by atoms with Gasteiger partial charge >= 0.3 is 0 Å². The monoisotopic (exact) mass is 372 g/mol. The summed E-state index contributed by atoms with van der Waals surface area (Å²) in [6.07, 6.45) is 10.5. The van der Waals surface area contributed by atoms with Gasteiger partial charge in [-0.2, -0.15) is 0 Å². The summed E-state index contributed by atoms with van der Waals surface area (Å²) in [5.41, 5.74) is 1.36. The lowest BCUT2D eigenvalue weighted by molar-refractivity contribution is -0.329. The second-order valence-corrected chi connectivity index (χ2v) is 11.4. The number of fused-ring (bicyclic) bond motifs is 5. The molecule has 10 unspecified atom stereocenters. The number of allylic oxidation sites excluding steroid dienone is 1. The number of ether oxygens (including phenoxy) is 2. The Morgan fingerprint density at radius 2 is 1.81 bits per heavy atom. The molecule has 2 saturated heterocycles. The summed E-state index contributed by atoms with van der Waals surface area (Å²) in [5, 5.41) is 21.6. The molecular weight excluding hydrogens is 340 g/mol. The lowest BCUT2D eigenvalue weighted by Gasteiger charge is -2.66. The topological polar surface area (TPSA) is 58.9 Å². The SMILES string of the molecule is CC12CCC(O)CC1=CCC1C2CCC2(C)C3C4OC(O)C12OC3C41CC1. The van der Waals surface area contributed by atoms with Gasteiger partial charge in [-0.15, -0.1) is 0 Å². The lowest BCUT2D eigenvalue weighted by atomic mass is 9.41. The molecule has 2 N–H and O–H groups in total. The van der Waals surface area contributed by atoms with Gasteiger partial charge in [0.15, 0.2) is 6.29 Å². The first kappa shape index (κ1) is 16.4. The van der Waals surface area contributed by atoms with Crippen molar-refractivity contribution in [3.8, 4) is 0 Å². The zero-order valence-electron chi connectivity index (χ0n) is 16.5. The summed E-state index contributed by atoms with van der Waals surface area (Å²) in [6.45, 7) is 4.83. The maximum Gasteiger partial charge on any atom is 0.185 e. The van der Waals surface area contributed by atoms with Gasteiger partial charge in [-0.05, 0) is 62.7 Å². The minimum atomic E-state index is -0.783. The smallest absolute Gasteiger partial charge is 0.185 e. The first-order valence-electron chi connectivity index (χ1n) is 11.3. The summed E-state index contributed by atoms with van der Waals surface area (Å²) in [6, 6.07) is 0. The van der Waals surface area contributed by atoms with Crippen LogP contribution in [0.2, 0.25) is 0 Å². The Morgan fingerprint density at radius 1 is 1.00 bits per heavy atom. The van der Waals surface area contributed by atoms with E-state index in [9.17, 15) is 10.2 Å². The van der Waals surface area contributed by atoms with Gasteiger partial charge in [0.05, 0.1) is 18.3 Å². The predicted molar refractivity (Wildman–Crippen MR) is 98.6 cm³/mol. The van der Waals surface area contributed by atoms with Gasteiger partial charge in [0.2, 0.25) is 0 Å². The first-order chi connectivity index (χ1) is 12.9. The standard InChI is InChI=1S/C23H32O4/c1-20-7-5-13(24)11-12(20)3-4-15-14(20)6-8-21(2)16-17-22(9-10-22)18(16)27-23(15,21)19(25)26-17/h3,13-19,24-25H,4-11H2,1-2H3. The quantitative estimate of drug-likeness (QED) is 0.641. The Kier molecular flexibility index (Phi) is 2.73. The summed E-state index contributed by atoms with van der Waals surface area (Å²) >= 11 is 0. The first-order valence-corrected chi connectivity index (χ1v) is 11.3. The van der Waals surface area contributed by atoms with Crippen molar-refractivity contribution in [2.75, 3.05) is 0 Å². The average Bonchev–Trinajstić information content (AvgIpc) is 3.43.